The van der Waals surface area contributed by atoms with Gasteiger partial charge in [-0.2, -0.15) is 0 Å². The molecule has 0 heterocycles. The first-order valence-corrected chi connectivity index (χ1v) is 7.88. The molecule has 0 fully saturated rings. The molecule has 110 valence electrons. The molecule has 0 bridgehead atoms. The second-order valence-corrected chi connectivity index (χ2v) is 6.10. The normalized spacial score (nSPS) is 10.6. The lowest BCUT2D eigenvalue weighted by atomic mass is 9.93. The second kappa shape index (κ2) is 6.62. The van der Waals surface area contributed by atoms with Gasteiger partial charge in [0.15, 0.2) is 0 Å². The monoisotopic (exact) mass is 286 g/mol. The van der Waals surface area contributed by atoms with Crippen molar-refractivity contribution >= 4 is 0 Å². The van der Waals surface area contributed by atoms with E-state index in [2.05, 4.69) is 86.6 Å². The van der Waals surface area contributed by atoms with E-state index >= 15 is 0 Å². The fraction of sp³-hybridized carbons (Fsp3) is 0.182. The molecule has 0 aromatic heterocycles. The smallest absolute Gasteiger partial charge is 0.00228 e. The van der Waals surface area contributed by atoms with Crippen LogP contribution in [0.5, 0.6) is 0 Å². The number of rotatable bonds is 4. The Kier molecular flexibility index (Phi) is 4.39. The molecule has 0 amide bonds. The maximum absolute atomic E-state index is 2.33. The van der Waals surface area contributed by atoms with Crippen molar-refractivity contribution in [3.63, 3.8) is 0 Å². The highest BCUT2D eigenvalue weighted by molar-refractivity contribution is 5.39. The fourth-order valence-corrected chi connectivity index (χ4v) is 2.83. The van der Waals surface area contributed by atoms with Gasteiger partial charge in [0, 0.05) is 0 Å². The first-order chi connectivity index (χ1) is 10.7. The molecule has 0 nitrogen and oxygen atoms in total. The van der Waals surface area contributed by atoms with E-state index in [-0.39, 0.29) is 0 Å². The van der Waals surface area contributed by atoms with Crippen molar-refractivity contribution in [3.8, 4) is 0 Å². The molecule has 0 aliphatic rings. The van der Waals surface area contributed by atoms with Gasteiger partial charge in [0.1, 0.15) is 0 Å². The molecule has 0 spiro atoms. The van der Waals surface area contributed by atoms with Crippen molar-refractivity contribution in [2.45, 2.75) is 26.7 Å². The van der Waals surface area contributed by atoms with Gasteiger partial charge >= 0.3 is 0 Å². The van der Waals surface area contributed by atoms with Crippen LogP contribution in [0.4, 0.5) is 0 Å². The minimum atomic E-state index is 1.00. The lowest BCUT2D eigenvalue weighted by Crippen LogP contribution is -1.98. The molecule has 0 aliphatic heterocycles. The summed E-state index contributed by atoms with van der Waals surface area (Å²) in [5.74, 6) is 0. The van der Waals surface area contributed by atoms with Gasteiger partial charge in [0.2, 0.25) is 0 Å². The Bertz CT molecular complexity index is 737. The van der Waals surface area contributed by atoms with Gasteiger partial charge in [-0.05, 0) is 48.9 Å². The Hall–Kier alpha value is -2.34. The Balaban J connectivity index is 1.89. The molecular weight excluding hydrogens is 264 g/mol. The van der Waals surface area contributed by atoms with Crippen molar-refractivity contribution in [2.24, 2.45) is 0 Å². The van der Waals surface area contributed by atoms with Crippen LogP contribution in [-0.4, -0.2) is 0 Å². The summed E-state index contributed by atoms with van der Waals surface area (Å²) >= 11 is 0. The van der Waals surface area contributed by atoms with E-state index in [4.69, 9.17) is 0 Å². The van der Waals surface area contributed by atoms with Gasteiger partial charge in [-0.25, -0.2) is 0 Å². The molecule has 0 N–H and O–H groups in total. The van der Waals surface area contributed by atoms with Crippen molar-refractivity contribution in [1.82, 2.24) is 0 Å². The van der Waals surface area contributed by atoms with Gasteiger partial charge in [-0.1, -0.05) is 83.9 Å². The molecule has 0 saturated carbocycles. The molecule has 0 aliphatic carbocycles. The van der Waals surface area contributed by atoms with Gasteiger partial charge < -0.3 is 0 Å². The van der Waals surface area contributed by atoms with Gasteiger partial charge in [-0.3, -0.25) is 0 Å². The molecule has 0 unspecified atom stereocenters. The van der Waals surface area contributed by atoms with Crippen LogP contribution in [0, 0.1) is 13.8 Å². The van der Waals surface area contributed by atoms with E-state index in [1.54, 1.807) is 0 Å². The van der Waals surface area contributed by atoms with Crippen LogP contribution in [-0.2, 0) is 12.8 Å². The molecule has 0 heteroatoms. The van der Waals surface area contributed by atoms with Gasteiger partial charge in [0.25, 0.3) is 0 Å². The van der Waals surface area contributed by atoms with Crippen LogP contribution >= 0.6 is 0 Å². The molecule has 3 rings (SSSR count). The van der Waals surface area contributed by atoms with Crippen LogP contribution in [0.2, 0.25) is 0 Å². The summed E-state index contributed by atoms with van der Waals surface area (Å²) in [6.07, 6.45) is 2.01. The van der Waals surface area contributed by atoms with E-state index in [1.165, 1.54) is 33.4 Å². The average Bonchev–Trinajstić information content (AvgIpc) is 2.53. The lowest BCUT2D eigenvalue weighted by molar-refractivity contribution is 1.08. The van der Waals surface area contributed by atoms with E-state index in [9.17, 15) is 0 Å². The summed E-state index contributed by atoms with van der Waals surface area (Å²) in [5.41, 5.74) is 8.27. The molecule has 0 saturated heterocycles. The summed E-state index contributed by atoms with van der Waals surface area (Å²) in [4.78, 5) is 0. The van der Waals surface area contributed by atoms with Crippen LogP contribution < -0.4 is 0 Å². The molecular formula is C22H22. The Morgan fingerprint density at radius 1 is 0.545 bits per heavy atom. The predicted molar refractivity (Wildman–Crippen MR) is 94.4 cm³/mol. The summed E-state index contributed by atoms with van der Waals surface area (Å²) in [7, 11) is 0. The summed E-state index contributed by atoms with van der Waals surface area (Å²) < 4.78 is 0. The number of hydrogen-bond donors (Lipinski definition) is 0. The van der Waals surface area contributed by atoms with E-state index < -0.39 is 0 Å². The lowest BCUT2D eigenvalue weighted by Gasteiger charge is -2.12. The zero-order valence-corrected chi connectivity index (χ0v) is 13.3. The van der Waals surface area contributed by atoms with E-state index in [0.29, 0.717) is 0 Å². The first kappa shape index (κ1) is 14.6. The third kappa shape index (κ3) is 3.65. The molecule has 3 aromatic carbocycles. The quantitative estimate of drug-likeness (QED) is 0.595. The summed E-state index contributed by atoms with van der Waals surface area (Å²) in [5, 5.41) is 0. The zero-order chi connectivity index (χ0) is 15.4. The van der Waals surface area contributed by atoms with Crippen molar-refractivity contribution < 1.29 is 0 Å². The van der Waals surface area contributed by atoms with Crippen LogP contribution in [0.25, 0.3) is 0 Å². The summed E-state index contributed by atoms with van der Waals surface area (Å²) in [6.45, 7) is 4.31. The highest BCUT2D eigenvalue weighted by atomic mass is 14.1. The van der Waals surface area contributed by atoms with Gasteiger partial charge in [0.05, 0.1) is 0 Å². The van der Waals surface area contributed by atoms with E-state index in [0.717, 1.165) is 12.8 Å². The molecule has 3 aromatic rings. The number of aryl methyl sites for hydroxylation is 2. The fourth-order valence-electron chi connectivity index (χ4n) is 2.83. The number of benzene rings is 3. The first-order valence-electron chi connectivity index (χ1n) is 7.88. The van der Waals surface area contributed by atoms with E-state index in [1.807, 2.05) is 0 Å². The highest BCUT2D eigenvalue weighted by Gasteiger charge is 2.05. The minimum absolute atomic E-state index is 1.00. The molecule has 22 heavy (non-hydrogen) atoms. The van der Waals surface area contributed by atoms with Gasteiger partial charge in [-0.15, -0.1) is 0 Å². The van der Waals surface area contributed by atoms with Crippen LogP contribution in [0.1, 0.15) is 33.4 Å². The van der Waals surface area contributed by atoms with Crippen LogP contribution in [0.3, 0.4) is 0 Å². The third-order valence-electron chi connectivity index (χ3n) is 4.11. The Labute approximate surface area is 133 Å². The number of hydrogen-bond acceptors (Lipinski definition) is 0. The Morgan fingerprint density at radius 2 is 1.14 bits per heavy atom. The molecule has 0 radical (unpaired) electrons. The van der Waals surface area contributed by atoms with Crippen molar-refractivity contribution in [3.05, 3.63) is 106 Å². The van der Waals surface area contributed by atoms with Crippen molar-refractivity contribution in [2.75, 3.05) is 0 Å². The highest BCUT2D eigenvalue weighted by Crippen LogP contribution is 2.20. The largest absolute Gasteiger partial charge is 0.0622 e. The Morgan fingerprint density at radius 3 is 1.86 bits per heavy atom. The second-order valence-electron chi connectivity index (χ2n) is 6.10. The predicted octanol–water partition coefficient (Wildman–Crippen LogP) is 5.49. The van der Waals surface area contributed by atoms with Crippen molar-refractivity contribution in [1.29, 1.82) is 0 Å². The topological polar surface area (TPSA) is 0 Å². The summed E-state index contributed by atoms with van der Waals surface area (Å²) in [6, 6.07) is 26.4. The minimum Gasteiger partial charge on any atom is -0.0622 e. The standard InChI is InChI=1S/C22H22/c1-17-8-11-20(12-9-17)16-22-14-18(2)10-13-21(22)15-19-6-4-3-5-7-19/h3-14H,15-16H2,1-2H3. The third-order valence-corrected chi connectivity index (χ3v) is 4.11. The zero-order valence-electron chi connectivity index (χ0n) is 13.3. The SMILES string of the molecule is Cc1ccc(Cc2cc(C)ccc2Cc2ccccc2)cc1. The van der Waals surface area contributed by atoms with Crippen LogP contribution in [0.15, 0.2) is 72.8 Å². The molecule has 0 atom stereocenters. The average molecular weight is 286 g/mol. The maximum Gasteiger partial charge on any atom is -0.00228 e. The maximum atomic E-state index is 2.33.